The van der Waals surface area contributed by atoms with Gasteiger partial charge in [0.15, 0.2) is 0 Å². The third kappa shape index (κ3) is 4.53. The molecule has 1 aliphatic rings. The zero-order chi connectivity index (χ0) is 13.5. The van der Waals surface area contributed by atoms with Crippen molar-refractivity contribution in [3.63, 3.8) is 0 Å². The fraction of sp³-hybridized carbons (Fsp3) is 0.800. The predicted molar refractivity (Wildman–Crippen MR) is 78.6 cm³/mol. The summed E-state index contributed by atoms with van der Waals surface area (Å²) < 4.78 is 7.34. The number of nitrogens with zero attached hydrogens (tertiary/aromatic N) is 2. The quantitative estimate of drug-likeness (QED) is 0.887. The lowest BCUT2D eigenvalue weighted by Gasteiger charge is -2.22. The van der Waals surface area contributed by atoms with Crippen molar-refractivity contribution in [3.05, 3.63) is 11.9 Å². The summed E-state index contributed by atoms with van der Waals surface area (Å²) in [5.74, 6) is 1.01. The fourth-order valence-electron chi connectivity index (χ4n) is 2.81. The highest BCUT2D eigenvalue weighted by Crippen LogP contribution is 2.20. The third-order valence-electron chi connectivity index (χ3n) is 3.87. The Morgan fingerprint density at radius 3 is 2.63 bits per heavy atom. The van der Waals surface area contributed by atoms with E-state index in [0.717, 1.165) is 24.8 Å². The largest absolute Gasteiger partial charge is 0.383 e. The van der Waals surface area contributed by atoms with Crippen LogP contribution >= 0.6 is 0 Å². The Bertz CT molecular complexity index is 367. The minimum absolute atomic E-state index is 0.586. The molecule has 4 heteroatoms. The fourth-order valence-corrected chi connectivity index (χ4v) is 2.81. The normalized spacial score (nSPS) is 18.0. The van der Waals surface area contributed by atoms with Crippen molar-refractivity contribution < 1.29 is 4.74 Å². The first-order valence-electron chi connectivity index (χ1n) is 7.59. The number of ether oxygens (including phenoxy) is 1. The Labute approximate surface area is 116 Å². The number of hydrogen-bond acceptors (Lipinski definition) is 3. The highest BCUT2D eigenvalue weighted by atomic mass is 16.5. The molecule has 1 aromatic rings. The SMILES string of the molecule is COCCn1cc(C)nc1NC1CCCCCCC1. The zero-order valence-electron chi connectivity index (χ0n) is 12.3. The van der Waals surface area contributed by atoms with Gasteiger partial charge < -0.3 is 14.6 Å². The number of methoxy groups -OCH3 is 1. The van der Waals surface area contributed by atoms with Crippen LogP contribution in [0.15, 0.2) is 6.20 Å². The van der Waals surface area contributed by atoms with E-state index < -0.39 is 0 Å². The van der Waals surface area contributed by atoms with Gasteiger partial charge in [0.05, 0.1) is 12.3 Å². The van der Waals surface area contributed by atoms with E-state index in [-0.39, 0.29) is 0 Å². The predicted octanol–water partition coefficient (Wildman–Crippen LogP) is 3.36. The Morgan fingerprint density at radius 1 is 1.26 bits per heavy atom. The number of aromatic nitrogens is 2. The van der Waals surface area contributed by atoms with Crippen LogP contribution in [0.5, 0.6) is 0 Å². The molecular formula is C15H27N3O. The molecule has 0 radical (unpaired) electrons. The van der Waals surface area contributed by atoms with Gasteiger partial charge in [0.1, 0.15) is 0 Å². The molecule has 0 atom stereocenters. The lowest BCUT2D eigenvalue weighted by Crippen LogP contribution is -2.23. The van der Waals surface area contributed by atoms with Gasteiger partial charge in [-0.15, -0.1) is 0 Å². The Kier molecular flexibility index (Phi) is 5.70. The van der Waals surface area contributed by atoms with Gasteiger partial charge in [-0.2, -0.15) is 0 Å². The summed E-state index contributed by atoms with van der Waals surface area (Å²) >= 11 is 0. The summed E-state index contributed by atoms with van der Waals surface area (Å²) in [5, 5.41) is 3.64. The monoisotopic (exact) mass is 265 g/mol. The average molecular weight is 265 g/mol. The molecule has 0 amide bonds. The van der Waals surface area contributed by atoms with E-state index >= 15 is 0 Å². The van der Waals surface area contributed by atoms with Gasteiger partial charge >= 0.3 is 0 Å². The Balaban J connectivity index is 1.95. The van der Waals surface area contributed by atoms with Crippen LogP contribution in [0.4, 0.5) is 5.95 Å². The lowest BCUT2D eigenvalue weighted by atomic mass is 9.97. The van der Waals surface area contributed by atoms with Gasteiger partial charge in [-0.05, 0) is 19.8 Å². The summed E-state index contributed by atoms with van der Waals surface area (Å²) in [6.45, 7) is 3.65. The van der Waals surface area contributed by atoms with E-state index in [1.807, 2.05) is 6.92 Å². The van der Waals surface area contributed by atoms with Crippen molar-refractivity contribution in [2.24, 2.45) is 0 Å². The van der Waals surface area contributed by atoms with Crippen LogP contribution in [-0.4, -0.2) is 29.3 Å². The number of nitrogens with one attached hydrogen (secondary N) is 1. The molecule has 1 aromatic heterocycles. The van der Waals surface area contributed by atoms with Crippen molar-refractivity contribution in [3.8, 4) is 0 Å². The minimum atomic E-state index is 0.586. The van der Waals surface area contributed by atoms with Crippen LogP contribution in [0, 0.1) is 6.92 Å². The highest BCUT2D eigenvalue weighted by Gasteiger charge is 2.14. The van der Waals surface area contributed by atoms with Crippen LogP contribution in [0.1, 0.15) is 50.6 Å². The summed E-state index contributed by atoms with van der Waals surface area (Å²) in [6.07, 6.45) is 11.5. The molecular weight excluding hydrogens is 238 g/mol. The number of anilines is 1. The van der Waals surface area contributed by atoms with Gasteiger partial charge in [0.25, 0.3) is 0 Å². The van der Waals surface area contributed by atoms with Gasteiger partial charge in [0.2, 0.25) is 5.95 Å². The summed E-state index contributed by atoms with van der Waals surface area (Å²) in [4.78, 5) is 4.61. The van der Waals surface area contributed by atoms with Gasteiger partial charge in [-0.3, -0.25) is 0 Å². The molecule has 1 aliphatic carbocycles. The van der Waals surface area contributed by atoms with Crippen molar-refractivity contribution in [2.45, 2.75) is 64.5 Å². The third-order valence-corrected chi connectivity index (χ3v) is 3.87. The molecule has 0 bridgehead atoms. The first kappa shape index (κ1) is 14.4. The summed E-state index contributed by atoms with van der Waals surface area (Å²) in [6, 6.07) is 0.586. The molecule has 0 aliphatic heterocycles. The minimum Gasteiger partial charge on any atom is -0.383 e. The van der Waals surface area contributed by atoms with E-state index in [1.54, 1.807) is 7.11 Å². The average Bonchev–Trinajstić information content (AvgIpc) is 2.70. The second kappa shape index (κ2) is 7.53. The van der Waals surface area contributed by atoms with E-state index in [1.165, 1.54) is 44.9 Å². The van der Waals surface area contributed by atoms with Gasteiger partial charge in [-0.25, -0.2) is 4.98 Å². The molecule has 0 unspecified atom stereocenters. The van der Waals surface area contributed by atoms with Crippen molar-refractivity contribution in [2.75, 3.05) is 19.0 Å². The molecule has 1 N–H and O–H groups in total. The molecule has 4 nitrogen and oxygen atoms in total. The maximum absolute atomic E-state index is 5.16. The zero-order valence-corrected chi connectivity index (χ0v) is 12.3. The number of aryl methyl sites for hydroxylation is 1. The van der Waals surface area contributed by atoms with Crippen LogP contribution in [0.3, 0.4) is 0 Å². The molecule has 1 heterocycles. The first-order chi connectivity index (χ1) is 9.29. The molecule has 1 fully saturated rings. The van der Waals surface area contributed by atoms with E-state index in [0.29, 0.717) is 6.04 Å². The number of hydrogen-bond donors (Lipinski definition) is 1. The molecule has 0 spiro atoms. The number of imidazole rings is 1. The maximum Gasteiger partial charge on any atom is 0.203 e. The summed E-state index contributed by atoms with van der Waals surface area (Å²) in [5.41, 5.74) is 1.07. The first-order valence-corrected chi connectivity index (χ1v) is 7.59. The highest BCUT2D eigenvalue weighted by molar-refractivity contribution is 5.30. The topological polar surface area (TPSA) is 39.1 Å². The van der Waals surface area contributed by atoms with E-state index in [9.17, 15) is 0 Å². The van der Waals surface area contributed by atoms with E-state index in [2.05, 4.69) is 21.1 Å². The van der Waals surface area contributed by atoms with Gasteiger partial charge in [0, 0.05) is 25.9 Å². The Morgan fingerprint density at radius 2 is 1.95 bits per heavy atom. The van der Waals surface area contributed by atoms with Crippen LogP contribution in [0.25, 0.3) is 0 Å². The molecule has 108 valence electrons. The van der Waals surface area contributed by atoms with Crippen LogP contribution in [0.2, 0.25) is 0 Å². The maximum atomic E-state index is 5.16. The second-order valence-corrected chi connectivity index (χ2v) is 5.58. The van der Waals surface area contributed by atoms with Gasteiger partial charge in [-0.1, -0.05) is 32.1 Å². The van der Waals surface area contributed by atoms with Crippen molar-refractivity contribution in [1.29, 1.82) is 0 Å². The molecule has 2 rings (SSSR count). The second-order valence-electron chi connectivity index (χ2n) is 5.58. The van der Waals surface area contributed by atoms with Crippen molar-refractivity contribution in [1.82, 2.24) is 9.55 Å². The van der Waals surface area contributed by atoms with Crippen molar-refractivity contribution >= 4 is 5.95 Å². The smallest absolute Gasteiger partial charge is 0.203 e. The summed E-state index contributed by atoms with van der Waals surface area (Å²) in [7, 11) is 1.74. The molecule has 0 aromatic carbocycles. The molecule has 19 heavy (non-hydrogen) atoms. The van der Waals surface area contributed by atoms with Crippen LogP contribution < -0.4 is 5.32 Å². The lowest BCUT2D eigenvalue weighted by molar-refractivity contribution is 0.187. The number of rotatable bonds is 5. The molecule has 0 saturated heterocycles. The molecule has 1 saturated carbocycles. The standard InChI is InChI=1S/C15H27N3O/c1-13-12-18(10-11-19-2)15(16-13)17-14-8-6-4-3-5-7-9-14/h12,14H,3-11H2,1-2H3,(H,16,17). The van der Waals surface area contributed by atoms with E-state index in [4.69, 9.17) is 4.74 Å². The van der Waals surface area contributed by atoms with Crippen LogP contribution in [-0.2, 0) is 11.3 Å². The Hall–Kier alpha value is -1.03.